The number of cyclic esters (lactones) is 1. The molecule has 2 aromatic carbocycles. The highest BCUT2D eigenvalue weighted by atomic mass is 16.8. The quantitative estimate of drug-likeness (QED) is 0.199. The van der Waals surface area contributed by atoms with E-state index in [-0.39, 0.29) is 67.6 Å². The topological polar surface area (TPSA) is 155 Å². The number of carbonyl (C=O) groups excluding carboxylic acids is 4. The third-order valence-electron chi connectivity index (χ3n) is 13.0. The summed E-state index contributed by atoms with van der Waals surface area (Å²) >= 11 is 0. The lowest BCUT2D eigenvalue weighted by molar-refractivity contribution is -0.169. The average Bonchev–Trinajstić information content (AvgIpc) is 4.07. The molecule has 0 radical (unpaired) electrons. The second-order valence-corrected chi connectivity index (χ2v) is 15.8. The molecule has 10 atom stereocenters. The number of alkyl carbamates (subject to hydrolysis) is 1. The Morgan fingerprint density at radius 2 is 1.62 bits per heavy atom. The van der Waals surface area contributed by atoms with Crippen LogP contribution in [0, 0.1) is 17.3 Å². The number of ether oxygens (including phenoxy) is 7. The van der Waals surface area contributed by atoms with Crippen LogP contribution in [0.1, 0.15) is 64.0 Å². The minimum atomic E-state index is -1.17. The summed E-state index contributed by atoms with van der Waals surface area (Å²) in [5, 5.41) is 2.60. The maximum atomic E-state index is 13.9. The minimum Gasteiger partial charge on any atom is -0.459 e. The van der Waals surface area contributed by atoms with E-state index in [0.717, 1.165) is 28.7 Å². The molecule has 52 heavy (non-hydrogen) atoms. The molecule has 274 valence electrons. The molecule has 0 unspecified atom stereocenters. The van der Waals surface area contributed by atoms with Gasteiger partial charge in [-0.2, -0.15) is 0 Å². The largest absolute Gasteiger partial charge is 0.459 e. The number of amides is 1. The van der Waals surface area contributed by atoms with E-state index < -0.39 is 47.0 Å². The number of rotatable bonds is 11. The van der Waals surface area contributed by atoms with E-state index in [9.17, 15) is 19.2 Å². The van der Waals surface area contributed by atoms with Crippen molar-refractivity contribution in [2.75, 3.05) is 6.61 Å². The molecule has 1 N–H and O–H groups in total. The number of hydrogen-bond donors (Lipinski definition) is 1. The van der Waals surface area contributed by atoms with Crippen LogP contribution in [-0.2, 0) is 60.8 Å². The van der Waals surface area contributed by atoms with E-state index in [4.69, 9.17) is 33.2 Å². The second-order valence-electron chi connectivity index (χ2n) is 15.8. The number of nitrogens with one attached hydrogen (secondary N) is 1. The highest BCUT2D eigenvalue weighted by Gasteiger charge is 3.01. The van der Waals surface area contributed by atoms with Crippen molar-refractivity contribution in [1.82, 2.24) is 5.32 Å². The van der Waals surface area contributed by atoms with Crippen LogP contribution in [-0.4, -0.2) is 77.9 Å². The van der Waals surface area contributed by atoms with Gasteiger partial charge < -0.3 is 38.5 Å². The molecule has 7 aliphatic rings. The van der Waals surface area contributed by atoms with E-state index >= 15 is 0 Å². The Balaban J connectivity index is 0.926. The van der Waals surface area contributed by atoms with Gasteiger partial charge in [0.15, 0.2) is 11.7 Å². The van der Waals surface area contributed by atoms with Gasteiger partial charge in [-0.05, 0) is 54.2 Å². The molecule has 2 spiro atoms. The number of benzene rings is 2. The molecule has 3 aliphatic carbocycles. The van der Waals surface area contributed by atoms with Gasteiger partial charge in [-0.25, -0.2) is 14.4 Å². The monoisotopic (exact) mass is 713 g/mol. The van der Waals surface area contributed by atoms with Gasteiger partial charge in [0.05, 0.1) is 6.10 Å². The van der Waals surface area contributed by atoms with Crippen molar-refractivity contribution < 1.29 is 52.3 Å². The van der Waals surface area contributed by atoms with E-state index in [1.165, 1.54) is 0 Å². The Morgan fingerprint density at radius 3 is 2.31 bits per heavy atom. The van der Waals surface area contributed by atoms with Gasteiger partial charge in [0.25, 0.3) is 0 Å². The van der Waals surface area contributed by atoms with Crippen molar-refractivity contribution >= 4 is 24.0 Å². The maximum Gasteiger partial charge on any atom is 0.408 e. The zero-order chi connectivity index (χ0) is 36.0. The lowest BCUT2D eigenvalue weighted by Gasteiger charge is -2.53. The van der Waals surface area contributed by atoms with Crippen molar-refractivity contribution in [1.29, 1.82) is 0 Å². The molecule has 12 heteroatoms. The van der Waals surface area contributed by atoms with Gasteiger partial charge >= 0.3 is 24.0 Å². The molecule has 0 aromatic heterocycles. The molecule has 2 aromatic rings. The minimum absolute atomic E-state index is 0.00200. The van der Waals surface area contributed by atoms with Crippen molar-refractivity contribution in [3.63, 3.8) is 0 Å². The summed E-state index contributed by atoms with van der Waals surface area (Å²) < 4.78 is 42.9. The van der Waals surface area contributed by atoms with Crippen LogP contribution in [0.5, 0.6) is 0 Å². The highest BCUT2D eigenvalue weighted by Crippen LogP contribution is 2.83. The van der Waals surface area contributed by atoms with E-state index in [1.807, 2.05) is 60.7 Å². The van der Waals surface area contributed by atoms with Crippen LogP contribution in [0.4, 0.5) is 4.79 Å². The van der Waals surface area contributed by atoms with Gasteiger partial charge in [0, 0.05) is 17.4 Å². The fourth-order valence-electron chi connectivity index (χ4n) is 10.3. The molecular weight excluding hydrogens is 670 g/mol. The lowest BCUT2D eigenvalue weighted by Crippen LogP contribution is -2.70. The SMILES string of the molecule is CC(C)[C@]12O[C@H]1[C@@H]1O[C@]13[C@]1(O[C@H]1C[C@H]1C4=C(CC[C@@]13C)C(=O)OC4)[C@@H]2OC(=O)CC[C@@H](NC(=O)OCc1ccccc1)C(=O)OCc1ccccc1. The Hall–Kier alpha value is -4.26. The second kappa shape index (κ2) is 11.9. The summed E-state index contributed by atoms with van der Waals surface area (Å²) in [6.07, 6.45) is -0.557. The van der Waals surface area contributed by atoms with Gasteiger partial charge in [0.2, 0.25) is 0 Å². The van der Waals surface area contributed by atoms with Crippen LogP contribution in [0.25, 0.3) is 0 Å². The first-order chi connectivity index (χ1) is 25.0. The summed E-state index contributed by atoms with van der Waals surface area (Å²) in [4.78, 5) is 52.7. The molecule has 2 saturated carbocycles. The first-order valence-electron chi connectivity index (χ1n) is 18.3. The van der Waals surface area contributed by atoms with Crippen LogP contribution in [0.2, 0.25) is 0 Å². The fourth-order valence-corrected chi connectivity index (χ4v) is 10.3. The number of hydrogen-bond acceptors (Lipinski definition) is 11. The van der Waals surface area contributed by atoms with Crippen molar-refractivity contribution in [2.45, 2.75) is 113 Å². The fraction of sp³-hybridized carbons (Fsp3) is 0.550. The average molecular weight is 714 g/mol. The lowest BCUT2D eigenvalue weighted by atomic mass is 9.46. The molecule has 4 heterocycles. The molecule has 1 amide bonds. The normalized spacial score (nSPS) is 37.5. The Kier molecular flexibility index (Phi) is 7.67. The van der Waals surface area contributed by atoms with Crippen LogP contribution < -0.4 is 5.32 Å². The van der Waals surface area contributed by atoms with Crippen molar-refractivity contribution in [2.24, 2.45) is 17.3 Å². The Labute approximate surface area is 301 Å². The van der Waals surface area contributed by atoms with Crippen LogP contribution >= 0.6 is 0 Å². The molecule has 0 bridgehead atoms. The Bertz CT molecular complexity index is 1850. The summed E-state index contributed by atoms with van der Waals surface area (Å²) in [6.45, 7) is 6.65. The van der Waals surface area contributed by atoms with Crippen molar-refractivity contribution in [3.8, 4) is 0 Å². The van der Waals surface area contributed by atoms with Gasteiger partial charge in [-0.15, -0.1) is 0 Å². The van der Waals surface area contributed by atoms with Crippen LogP contribution in [0.3, 0.4) is 0 Å². The van der Waals surface area contributed by atoms with Gasteiger partial charge in [0.1, 0.15) is 49.3 Å². The standard InChI is InChI=1S/C40H43NO11/c1-22(2)38-31(51-38)32-40(52-32)37(3)17-16-25-26(21-47-33(25)43)27(37)18-29-39(40,50-29)35(38)49-30(42)15-14-28(34(44)46-19-23-10-6-4-7-11-23)41-36(45)48-20-24-12-8-5-9-13-24/h4-13,22,27-29,31-32,35H,14-21H2,1-3H3,(H,41,45)/t27-,28+,29-,31-,32-,35+,37-,38-,39+,40+/m0/s1. The predicted octanol–water partition coefficient (Wildman–Crippen LogP) is 4.47. The zero-order valence-corrected chi connectivity index (χ0v) is 29.5. The number of esters is 3. The first-order valence-corrected chi connectivity index (χ1v) is 18.3. The maximum absolute atomic E-state index is 13.9. The Morgan fingerprint density at radius 1 is 0.923 bits per heavy atom. The number of carbonyl (C=O) groups is 4. The summed E-state index contributed by atoms with van der Waals surface area (Å²) in [5.41, 5.74) is 0.612. The first kappa shape index (κ1) is 33.6. The highest BCUT2D eigenvalue weighted by molar-refractivity contribution is 5.92. The third-order valence-corrected chi connectivity index (χ3v) is 13.0. The molecule has 12 nitrogen and oxygen atoms in total. The van der Waals surface area contributed by atoms with Crippen LogP contribution in [0.15, 0.2) is 71.8 Å². The van der Waals surface area contributed by atoms with Gasteiger partial charge in [-0.3, -0.25) is 4.79 Å². The van der Waals surface area contributed by atoms with E-state index in [1.54, 1.807) is 0 Å². The van der Waals surface area contributed by atoms with E-state index in [2.05, 4.69) is 26.1 Å². The number of epoxide rings is 3. The summed E-state index contributed by atoms with van der Waals surface area (Å²) in [7, 11) is 0. The molecular formula is C40H43NO11. The zero-order valence-electron chi connectivity index (χ0n) is 29.5. The number of fused-ring (bicyclic) bond motifs is 4. The summed E-state index contributed by atoms with van der Waals surface area (Å²) in [5.74, 6) is -1.43. The summed E-state index contributed by atoms with van der Waals surface area (Å²) in [6, 6.07) is 17.2. The molecule has 4 aliphatic heterocycles. The predicted molar refractivity (Wildman–Crippen MR) is 180 cm³/mol. The third kappa shape index (κ3) is 4.76. The van der Waals surface area contributed by atoms with E-state index in [0.29, 0.717) is 19.4 Å². The van der Waals surface area contributed by atoms with Crippen molar-refractivity contribution in [3.05, 3.63) is 82.9 Å². The molecule has 5 fully saturated rings. The molecule has 9 rings (SSSR count). The molecule has 3 saturated heterocycles. The smallest absolute Gasteiger partial charge is 0.408 e. The van der Waals surface area contributed by atoms with Gasteiger partial charge in [-0.1, -0.05) is 81.4 Å².